The van der Waals surface area contributed by atoms with Crippen LogP contribution in [0.4, 0.5) is 5.69 Å². The predicted molar refractivity (Wildman–Crippen MR) is 93.3 cm³/mol. The third-order valence-corrected chi connectivity index (χ3v) is 3.71. The molecule has 1 N–H and O–H groups in total. The molecule has 0 bridgehead atoms. The monoisotopic (exact) mass is 335 g/mol. The van der Waals surface area contributed by atoms with E-state index in [4.69, 9.17) is 5.11 Å². The van der Waals surface area contributed by atoms with Gasteiger partial charge in [0.15, 0.2) is 5.69 Å². The maximum Gasteiger partial charge on any atom is 0.356 e. The lowest BCUT2D eigenvalue weighted by molar-refractivity contribution is -0.119. The van der Waals surface area contributed by atoms with Crippen LogP contribution in [-0.4, -0.2) is 26.8 Å². The van der Waals surface area contributed by atoms with Crippen molar-refractivity contribution in [3.8, 4) is 0 Å². The van der Waals surface area contributed by atoms with Crippen molar-refractivity contribution in [3.05, 3.63) is 84.2 Å². The number of para-hydroxylation sites is 1. The highest BCUT2D eigenvalue weighted by Crippen LogP contribution is 2.17. The molecule has 0 spiro atoms. The summed E-state index contributed by atoms with van der Waals surface area (Å²) in [7, 11) is 0. The summed E-state index contributed by atoms with van der Waals surface area (Å²) in [4.78, 5) is 25.4. The number of carbonyl (C=O) groups is 2. The molecular weight excluding hydrogens is 318 g/mol. The van der Waals surface area contributed by atoms with Gasteiger partial charge in [-0.25, -0.2) is 4.79 Å². The second kappa shape index (κ2) is 7.44. The van der Waals surface area contributed by atoms with E-state index >= 15 is 0 Å². The topological polar surface area (TPSA) is 75.4 Å². The van der Waals surface area contributed by atoms with Crippen molar-refractivity contribution in [1.82, 2.24) is 9.78 Å². The standard InChI is InChI=1S/C19H17N3O3/c23-18(14-21-12-11-17(20-21)19(24)25)22(16-9-5-2-6-10-16)13-15-7-3-1-4-8-15/h1-12H,13-14H2,(H,24,25). The van der Waals surface area contributed by atoms with Crippen LogP contribution >= 0.6 is 0 Å². The molecule has 1 heterocycles. The maximum absolute atomic E-state index is 12.8. The van der Waals surface area contributed by atoms with E-state index in [1.54, 1.807) is 4.90 Å². The third kappa shape index (κ3) is 4.11. The Morgan fingerprint density at radius 1 is 0.960 bits per heavy atom. The summed E-state index contributed by atoms with van der Waals surface area (Å²) in [5.41, 5.74) is 1.70. The van der Waals surface area contributed by atoms with Crippen LogP contribution < -0.4 is 4.90 Å². The van der Waals surface area contributed by atoms with Gasteiger partial charge in [0, 0.05) is 11.9 Å². The Hall–Kier alpha value is -3.41. The number of aromatic carboxylic acids is 1. The molecule has 126 valence electrons. The van der Waals surface area contributed by atoms with Crippen molar-refractivity contribution in [2.24, 2.45) is 0 Å². The van der Waals surface area contributed by atoms with Crippen molar-refractivity contribution in [2.75, 3.05) is 4.90 Å². The SMILES string of the molecule is O=C(O)c1ccn(CC(=O)N(Cc2ccccc2)c2ccccc2)n1. The first-order valence-corrected chi connectivity index (χ1v) is 7.79. The Labute approximate surface area is 144 Å². The predicted octanol–water partition coefficient (Wildman–Crippen LogP) is 2.81. The third-order valence-electron chi connectivity index (χ3n) is 3.71. The number of hydrogen-bond acceptors (Lipinski definition) is 3. The van der Waals surface area contributed by atoms with Crippen LogP contribution in [0.25, 0.3) is 0 Å². The van der Waals surface area contributed by atoms with Crippen molar-refractivity contribution < 1.29 is 14.7 Å². The molecule has 0 radical (unpaired) electrons. The van der Waals surface area contributed by atoms with E-state index in [-0.39, 0.29) is 18.1 Å². The minimum absolute atomic E-state index is 0.0327. The van der Waals surface area contributed by atoms with E-state index in [0.717, 1.165) is 11.3 Å². The molecule has 6 heteroatoms. The van der Waals surface area contributed by atoms with E-state index in [1.165, 1.54) is 16.9 Å². The van der Waals surface area contributed by atoms with Gasteiger partial charge in [-0.05, 0) is 23.8 Å². The molecule has 0 atom stereocenters. The molecule has 1 amide bonds. The number of aromatic nitrogens is 2. The van der Waals surface area contributed by atoms with Crippen molar-refractivity contribution >= 4 is 17.6 Å². The van der Waals surface area contributed by atoms with E-state index in [0.29, 0.717) is 6.54 Å². The quantitative estimate of drug-likeness (QED) is 0.751. The minimum Gasteiger partial charge on any atom is -0.476 e. The Kier molecular flexibility index (Phi) is 4.89. The summed E-state index contributed by atoms with van der Waals surface area (Å²) in [6.07, 6.45) is 1.49. The lowest BCUT2D eigenvalue weighted by Gasteiger charge is -2.23. The summed E-state index contributed by atoms with van der Waals surface area (Å²) in [5, 5.41) is 12.8. The van der Waals surface area contributed by atoms with Gasteiger partial charge in [-0.15, -0.1) is 0 Å². The number of hydrogen-bond donors (Lipinski definition) is 1. The van der Waals surface area contributed by atoms with E-state index in [9.17, 15) is 9.59 Å². The van der Waals surface area contributed by atoms with Crippen LogP contribution in [0.5, 0.6) is 0 Å². The fourth-order valence-corrected chi connectivity index (χ4v) is 2.49. The molecule has 0 aliphatic heterocycles. The zero-order valence-corrected chi connectivity index (χ0v) is 13.4. The summed E-state index contributed by atoms with van der Waals surface area (Å²) < 4.78 is 1.34. The zero-order valence-electron chi connectivity index (χ0n) is 13.4. The minimum atomic E-state index is -1.12. The molecule has 0 aliphatic carbocycles. The molecule has 2 aromatic carbocycles. The van der Waals surface area contributed by atoms with Crippen LogP contribution in [0.15, 0.2) is 72.9 Å². The van der Waals surface area contributed by atoms with E-state index in [1.807, 2.05) is 60.7 Å². The van der Waals surface area contributed by atoms with Gasteiger partial charge in [0.05, 0.1) is 6.54 Å². The first kappa shape index (κ1) is 16.4. The highest BCUT2D eigenvalue weighted by molar-refractivity contribution is 5.93. The molecule has 0 unspecified atom stereocenters. The molecule has 6 nitrogen and oxygen atoms in total. The second-order valence-corrected chi connectivity index (χ2v) is 5.50. The van der Waals surface area contributed by atoms with Gasteiger partial charge in [-0.2, -0.15) is 5.10 Å². The number of rotatable bonds is 6. The number of carbonyl (C=O) groups excluding carboxylic acids is 1. The Morgan fingerprint density at radius 3 is 2.20 bits per heavy atom. The number of carboxylic acid groups (broad SMARTS) is 1. The highest BCUT2D eigenvalue weighted by atomic mass is 16.4. The molecule has 0 aliphatic rings. The zero-order chi connectivity index (χ0) is 17.6. The highest BCUT2D eigenvalue weighted by Gasteiger charge is 2.18. The first-order valence-electron chi connectivity index (χ1n) is 7.79. The van der Waals surface area contributed by atoms with Gasteiger partial charge in [0.2, 0.25) is 5.91 Å². The summed E-state index contributed by atoms with van der Waals surface area (Å²) >= 11 is 0. The van der Waals surface area contributed by atoms with Crippen LogP contribution in [0, 0.1) is 0 Å². The number of anilines is 1. The molecule has 0 saturated heterocycles. The molecule has 1 aromatic heterocycles. The summed E-state index contributed by atoms with van der Waals surface area (Å²) in [6.45, 7) is 0.395. The second-order valence-electron chi connectivity index (χ2n) is 5.50. The average molecular weight is 335 g/mol. The molecule has 25 heavy (non-hydrogen) atoms. The van der Waals surface area contributed by atoms with Gasteiger partial charge < -0.3 is 10.0 Å². The molecule has 0 fully saturated rings. The van der Waals surface area contributed by atoms with E-state index in [2.05, 4.69) is 5.10 Å². The average Bonchev–Trinajstić information content (AvgIpc) is 3.10. The van der Waals surface area contributed by atoms with Crippen LogP contribution in [0.1, 0.15) is 16.1 Å². The maximum atomic E-state index is 12.8. The van der Waals surface area contributed by atoms with E-state index < -0.39 is 5.97 Å². The van der Waals surface area contributed by atoms with Crippen molar-refractivity contribution in [2.45, 2.75) is 13.1 Å². The summed E-state index contributed by atoms with van der Waals surface area (Å²) in [5.74, 6) is -1.29. The lowest BCUT2D eigenvalue weighted by Crippen LogP contribution is -2.33. The fourth-order valence-electron chi connectivity index (χ4n) is 2.49. The molecule has 0 saturated carbocycles. The van der Waals surface area contributed by atoms with Crippen molar-refractivity contribution in [3.63, 3.8) is 0 Å². The summed E-state index contributed by atoms with van der Waals surface area (Å²) in [6, 6.07) is 20.4. The van der Waals surface area contributed by atoms with Crippen molar-refractivity contribution in [1.29, 1.82) is 0 Å². The number of carboxylic acids is 1. The van der Waals surface area contributed by atoms with Gasteiger partial charge in [0.25, 0.3) is 0 Å². The van der Waals surface area contributed by atoms with Gasteiger partial charge in [-0.3, -0.25) is 9.48 Å². The molecule has 3 aromatic rings. The number of nitrogens with zero attached hydrogens (tertiary/aromatic N) is 3. The Morgan fingerprint density at radius 2 is 1.60 bits per heavy atom. The van der Waals surface area contributed by atoms with Gasteiger partial charge in [0.1, 0.15) is 6.54 Å². The Bertz CT molecular complexity index is 860. The lowest BCUT2D eigenvalue weighted by atomic mass is 10.2. The normalized spacial score (nSPS) is 10.4. The van der Waals surface area contributed by atoms with Crippen LogP contribution in [0.2, 0.25) is 0 Å². The smallest absolute Gasteiger partial charge is 0.356 e. The Balaban J connectivity index is 1.82. The van der Waals surface area contributed by atoms with Gasteiger partial charge in [-0.1, -0.05) is 48.5 Å². The van der Waals surface area contributed by atoms with Crippen LogP contribution in [-0.2, 0) is 17.9 Å². The number of amides is 1. The number of benzene rings is 2. The fraction of sp³-hybridized carbons (Fsp3) is 0.105. The first-order chi connectivity index (χ1) is 12.1. The van der Waals surface area contributed by atoms with Crippen LogP contribution in [0.3, 0.4) is 0 Å². The van der Waals surface area contributed by atoms with Gasteiger partial charge >= 0.3 is 5.97 Å². The largest absolute Gasteiger partial charge is 0.476 e. The molecular formula is C19H17N3O3. The molecule has 3 rings (SSSR count).